The molecule has 2 aromatic rings. The van der Waals surface area contributed by atoms with Gasteiger partial charge in [0.05, 0.1) is 6.61 Å². The van der Waals surface area contributed by atoms with Gasteiger partial charge in [-0.1, -0.05) is 11.8 Å². The van der Waals surface area contributed by atoms with Gasteiger partial charge in [-0.15, -0.1) is 5.10 Å². The van der Waals surface area contributed by atoms with Crippen molar-refractivity contribution in [2.75, 3.05) is 12.3 Å². The van der Waals surface area contributed by atoms with Crippen molar-refractivity contribution in [2.24, 2.45) is 0 Å². The minimum absolute atomic E-state index is 0.0611. The normalized spacial score (nSPS) is 11.0. The fourth-order valence-corrected chi connectivity index (χ4v) is 3.05. The maximum atomic E-state index is 11.7. The van der Waals surface area contributed by atoms with E-state index in [1.807, 2.05) is 39.0 Å². The van der Waals surface area contributed by atoms with E-state index < -0.39 is 0 Å². The summed E-state index contributed by atoms with van der Waals surface area (Å²) in [5, 5.41) is 7.22. The maximum absolute atomic E-state index is 11.7. The molecule has 0 aliphatic rings. The van der Waals surface area contributed by atoms with Crippen LogP contribution < -0.4 is 16.2 Å². The molecule has 7 heteroatoms. The fraction of sp³-hybridized carbons (Fsp3) is 0.429. The van der Waals surface area contributed by atoms with E-state index in [1.54, 1.807) is 4.57 Å². The van der Waals surface area contributed by atoms with Crippen LogP contribution in [0, 0.1) is 0 Å². The Morgan fingerprint density at radius 1 is 1.48 bits per heavy atom. The molecule has 0 amide bonds. The second kappa shape index (κ2) is 6.71. The van der Waals surface area contributed by atoms with Gasteiger partial charge in [0.25, 0.3) is 0 Å². The van der Waals surface area contributed by atoms with Gasteiger partial charge < -0.3 is 10.5 Å². The first-order valence-corrected chi connectivity index (χ1v) is 7.82. The van der Waals surface area contributed by atoms with Gasteiger partial charge in [0, 0.05) is 23.0 Å². The molecule has 0 atom stereocenters. The minimum atomic E-state index is -0.190. The lowest BCUT2D eigenvalue weighted by Crippen LogP contribution is -2.19. The number of nitrogens with zero attached hydrogens (tertiary/aromatic N) is 2. The quantitative estimate of drug-likeness (QED) is 0.632. The van der Waals surface area contributed by atoms with E-state index in [0.717, 1.165) is 11.3 Å². The lowest BCUT2D eigenvalue weighted by molar-refractivity contribution is 0.337. The van der Waals surface area contributed by atoms with Crippen molar-refractivity contribution in [3.8, 4) is 5.75 Å². The number of nitrogen functional groups attached to an aromatic ring is 1. The highest BCUT2D eigenvalue weighted by Crippen LogP contribution is 2.29. The van der Waals surface area contributed by atoms with Crippen LogP contribution in [0.4, 0.5) is 5.69 Å². The van der Waals surface area contributed by atoms with E-state index in [-0.39, 0.29) is 11.7 Å². The van der Waals surface area contributed by atoms with Crippen LogP contribution >= 0.6 is 11.8 Å². The van der Waals surface area contributed by atoms with Crippen LogP contribution in [-0.4, -0.2) is 21.4 Å². The predicted molar refractivity (Wildman–Crippen MR) is 84.8 cm³/mol. The van der Waals surface area contributed by atoms with Crippen LogP contribution in [0.25, 0.3) is 0 Å². The minimum Gasteiger partial charge on any atom is -0.494 e. The zero-order chi connectivity index (χ0) is 15.4. The number of thioether (sulfide) groups is 1. The lowest BCUT2D eigenvalue weighted by Gasteiger charge is -2.12. The summed E-state index contributed by atoms with van der Waals surface area (Å²) in [6, 6.07) is 5.64. The maximum Gasteiger partial charge on any atom is 0.344 e. The molecular weight excluding hydrogens is 288 g/mol. The molecule has 0 saturated heterocycles. The standard InChI is InChI=1S/C14H20N4O2S/c1-4-20-12-6-5-11(15)7-10(12)8-21-14-17-16-13(19)18(14)9(2)3/h5-7,9H,4,8,15H2,1-3H3,(H,16,19). The third-order valence-electron chi connectivity index (χ3n) is 2.93. The zero-order valence-corrected chi connectivity index (χ0v) is 13.2. The number of anilines is 1. The number of aromatic amines is 1. The molecule has 2 rings (SSSR count). The molecule has 21 heavy (non-hydrogen) atoms. The molecule has 114 valence electrons. The van der Waals surface area contributed by atoms with Crippen LogP contribution in [0.1, 0.15) is 32.4 Å². The smallest absolute Gasteiger partial charge is 0.344 e. The van der Waals surface area contributed by atoms with E-state index in [1.165, 1.54) is 11.8 Å². The van der Waals surface area contributed by atoms with Crippen molar-refractivity contribution in [2.45, 2.75) is 37.7 Å². The van der Waals surface area contributed by atoms with E-state index in [9.17, 15) is 4.79 Å². The SMILES string of the molecule is CCOc1ccc(N)cc1CSc1n[nH]c(=O)n1C(C)C. The Labute approximate surface area is 127 Å². The zero-order valence-electron chi connectivity index (χ0n) is 12.4. The molecule has 1 aromatic heterocycles. The van der Waals surface area contributed by atoms with Crippen LogP contribution in [0.15, 0.2) is 28.2 Å². The van der Waals surface area contributed by atoms with Crippen LogP contribution in [0.5, 0.6) is 5.75 Å². The molecule has 0 fully saturated rings. The largest absolute Gasteiger partial charge is 0.494 e. The van der Waals surface area contributed by atoms with Crippen LogP contribution in [-0.2, 0) is 5.75 Å². The summed E-state index contributed by atoms with van der Waals surface area (Å²) < 4.78 is 7.23. The second-order valence-corrected chi connectivity index (χ2v) is 5.81. The Hall–Kier alpha value is -1.89. The molecule has 0 saturated carbocycles. The summed E-state index contributed by atoms with van der Waals surface area (Å²) in [6.07, 6.45) is 0. The molecule has 1 aromatic carbocycles. The number of nitrogens with one attached hydrogen (secondary N) is 1. The fourth-order valence-electron chi connectivity index (χ4n) is 2.00. The highest BCUT2D eigenvalue weighted by atomic mass is 32.2. The van der Waals surface area contributed by atoms with Gasteiger partial charge in [-0.05, 0) is 39.0 Å². The molecule has 0 bridgehead atoms. The number of H-pyrrole nitrogens is 1. The number of hydrogen-bond donors (Lipinski definition) is 2. The molecule has 0 radical (unpaired) electrons. The molecule has 0 spiro atoms. The Balaban J connectivity index is 2.20. The number of rotatable bonds is 6. The average Bonchev–Trinajstić information content (AvgIpc) is 2.80. The summed E-state index contributed by atoms with van der Waals surface area (Å²) in [5.41, 5.74) is 7.33. The number of nitrogens with two attached hydrogens (primary N) is 1. The Morgan fingerprint density at radius 2 is 2.24 bits per heavy atom. The van der Waals surface area contributed by atoms with Crippen molar-refractivity contribution < 1.29 is 4.74 Å². The molecule has 3 N–H and O–H groups in total. The third kappa shape index (κ3) is 3.60. The van der Waals surface area contributed by atoms with Gasteiger partial charge in [0.2, 0.25) is 0 Å². The number of benzene rings is 1. The Bertz CT molecular complexity index is 663. The first-order valence-electron chi connectivity index (χ1n) is 6.83. The van der Waals surface area contributed by atoms with Crippen molar-refractivity contribution in [3.63, 3.8) is 0 Å². The van der Waals surface area contributed by atoms with Gasteiger partial charge in [-0.2, -0.15) is 0 Å². The van der Waals surface area contributed by atoms with Crippen LogP contribution in [0.3, 0.4) is 0 Å². The summed E-state index contributed by atoms with van der Waals surface area (Å²) >= 11 is 1.48. The molecular formula is C14H20N4O2S. The van der Waals surface area contributed by atoms with Gasteiger partial charge in [-0.25, -0.2) is 9.89 Å². The van der Waals surface area contributed by atoms with E-state index in [2.05, 4.69) is 10.2 Å². The first-order chi connectivity index (χ1) is 10.0. The number of hydrogen-bond acceptors (Lipinski definition) is 5. The molecule has 6 nitrogen and oxygen atoms in total. The second-order valence-electron chi connectivity index (χ2n) is 4.86. The monoisotopic (exact) mass is 308 g/mol. The average molecular weight is 308 g/mol. The van der Waals surface area contributed by atoms with Crippen molar-refractivity contribution in [1.29, 1.82) is 0 Å². The molecule has 0 aliphatic carbocycles. The van der Waals surface area contributed by atoms with Gasteiger partial charge in [0.1, 0.15) is 5.75 Å². The highest BCUT2D eigenvalue weighted by molar-refractivity contribution is 7.98. The van der Waals surface area contributed by atoms with Gasteiger partial charge in [-0.3, -0.25) is 4.57 Å². The molecule has 1 heterocycles. The van der Waals surface area contributed by atoms with E-state index in [4.69, 9.17) is 10.5 Å². The summed E-state index contributed by atoms with van der Waals surface area (Å²) in [5.74, 6) is 1.45. The molecule has 0 unspecified atom stereocenters. The van der Waals surface area contributed by atoms with Crippen LogP contribution in [0.2, 0.25) is 0 Å². The summed E-state index contributed by atoms with van der Waals surface area (Å²) in [6.45, 7) is 6.44. The number of ether oxygens (including phenoxy) is 1. The Morgan fingerprint density at radius 3 is 2.90 bits per heavy atom. The van der Waals surface area contributed by atoms with E-state index >= 15 is 0 Å². The summed E-state index contributed by atoms with van der Waals surface area (Å²) in [7, 11) is 0. The number of aromatic nitrogens is 3. The lowest BCUT2D eigenvalue weighted by atomic mass is 10.2. The van der Waals surface area contributed by atoms with Crippen molar-refractivity contribution >= 4 is 17.4 Å². The predicted octanol–water partition coefficient (Wildman–Crippen LogP) is 2.43. The molecule has 0 aliphatic heterocycles. The summed E-state index contributed by atoms with van der Waals surface area (Å²) in [4.78, 5) is 11.7. The van der Waals surface area contributed by atoms with Gasteiger partial charge in [0.15, 0.2) is 5.16 Å². The Kier molecular flexibility index (Phi) is 4.95. The van der Waals surface area contributed by atoms with Crippen molar-refractivity contribution in [1.82, 2.24) is 14.8 Å². The first kappa shape index (κ1) is 15.5. The third-order valence-corrected chi connectivity index (χ3v) is 3.93. The topological polar surface area (TPSA) is 85.9 Å². The van der Waals surface area contributed by atoms with Gasteiger partial charge >= 0.3 is 5.69 Å². The highest BCUT2D eigenvalue weighted by Gasteiger charge is 2.13. The van der Waals surface area contributed by atoms with Crippen molar-refractivity contribution in [3.05, 3.63) is 34.2 Å². The van der Waals surface area contributed by atoms with E-state index in [0.29, 0.717) is 23.2 Å².